The third kappa shape index (κ3) is 7.17. The first-order valence-corrected chi connectivity index (χ1v) is 12.9. The highest BCUT2D eigenvalue weighted by atomic mass is 16.7. The maximum absolute atomic E-state index is 13.4. The minimum absolute atomic E-state index is 0.00972. The standard InChI is InChI=1S/C30H40O10/c1-15(2)23(31)19(9)29(37,25(33)17(5)6)39-27(35)21-13-11-12-14-22(21)28(36)40-30(38,26(34)18(7)8)20(10)24(32)16(3)4/h19-22,37-38H,1,3,5,7,11-14H2,2,4,6,8-10H3. The smallest absolute Gasteiger partial charge is 0.312 e. The van der Waals surface area contributed by atoms with Gasteiger partial charge in [0.05, 0.1) is 23.7 Å². The van der Waals surface area contributed by atoms with Gasteiger partial charge in [0, 0.05) is 0 Å². The van der Waals surface area contributed by atoms with Gasteiger partial charge < -0.3 is 19.7 Å². The van der Waals surface area contributed by atoms with Gasteiger partial charge in [-0.05, 0) is 76.7 Å². The largest absolute Gasteiger partial charge is 0.424 e. The molecule has 0 aliphatic heterocycles. The molecule has 6 unspecified atom stereocenters. The van der Waals surface area contributed by atoms with Crippen molar-refractivity contribution in [3.05, 3.63) is 48.6 Å². The Morgan fingerprint density at radius 1 is 0.625 bits per heavy atom. The van der Waals surface area contributed by atoms with E-state index in [0.717, 1.165) is 0 Å². The van der Waals surface area contributed by atoms with Crippen molar-refractivity contribution in [2.45, 2.75) is 78.8 Å². The molecule has 1 fully saturated rings. The van der Waals surface area contributed by atoms with Gasteiger partial charge in [-0.15, -0.1) is 0 Å². The number of ether oxygens (including phenoxy) is 2. The van der Waals surface area contributed by atoms with Crippen molar-refractivity contribution in [1.29, 1.82) is 0 Å². The third-order valence-electron chi connectivity index (χ3n) is 7.11. The number of carbonyl (C=O) groups excluding carboxylic acids is 6. The molecule has 1 aliphatic carbocycles. The number of esters is 2. The molecular weight excluding hydrogens is 520 g/mol. The molecule has 0 radical (unpaired) electrons. The highest BCUT2D eigenvalue weighted by Gasteiger charge is 2.53. The Morgan fingerprint density at radius 3 is 1.12 bits per heavy atom. The lowest BCUT2D eigenvalue weighted by molar-refractivity contribution is -0.232. The topological polar surface area (TPSA) is 161 Å². The van der Waals surface area contributed by atoms with Crippen molar-refractivity contribution in [2.24, 2.45) is 23.7 Å². The van der Waals surface area contributed by atoms with Gasteiger partial charge in [-0.1, -0.05) is 39.2 Å². The van der Waals surface area contributed by atoms with Gasteiger partial charge in [-0.25, -0.2) is 0 Å². The van der Waals surface area contributed by atoms with Gasteiger partial charge in [-0.3, -0.25) is 28.8 Å². The zero-order valence-electron chi connectivity index (χ0n) is 24.1. The average Bonchev–Trinajstić information content (AvgIpc) is 2.89. The summed E-state index contributed by atoms with van der Waals surface area (Å²) in [6.07, 6.45) is 1.09. The van der Waals surface area contributed by atoms with Crippen molar-refractivity contribution in [1.82, 2.24) is 0 Å². The van der Waals surface area contributed by atoms with Crippen LogP contribution < -0.4 is 0 Å². The zero-order chi connectivity index (χ0) is 31.3. The molecule has 2 N–H and O–H groups in total. The van der Waals surface area contributed by atoms with Crippen LogP contribution in [0.1, 0.15) is 67.2 Å². The van der Waals surface area contributed by atoms with E-state index in [-0.39, 0.29) is 35.1 Å². The Balaban J connectivity index is 3.45. The monoisotopic (exact) mass is 560 g/mol. The lowest BCUT2D eigenvalue weighted by Gasteiger charge is -2.37. The van der Waals surface area contributed by atoms with Crippen LogP contribution in [-0.4, -0.2) is 56.9 Å². The summed E-state index contributed by atoms with van der Waals surface area (Å²) in [6.45, 7) is 21.6. The molecule has 10 heteroatoms. The van der Waals surface area contributed by atoms with Crippen LogP contribution in [0.3, 0.4) is 0 Å². The number of aliphatic hydroxyl groups is 2. The number of allylic oxidation sites excluding steroid dienone is 2. The molecule has 1 rings (SSSR count). The molecule has 0 bridgehead atoms. The normalized spacial score (nSPS) is 21.3. The Labute approximate surface area is 234 Å². The molecule has 1 saturated carbocycles. The average molecular weight is 561 g/mol. The molecule has 1 aliphatic rings. The van der Waals surface area contributed by atoms with Crippen LogP contribution in [0.15, 0.2) is 48.6 Å². The van der Waals surface area contributed by atoms with Crippen LogP contribution in [0.5, 0.6) is 0 Å². The molecular formula is C30H40O10. The molecule has 0 aromatic rings. The van der Waals surface area contributed by atoms with Gasteiger partial charge in [0.1, 0.15) is 0 Å². The molecule has 40 heavy (non-hydrogen) atoms. The predicted octanol–water partition coefficient (Wildman–Crippen LogP) is 3.11. The second-order valence-electron chi connectivity index (χ2n) is 10.7. The summed E-state index contributed by atoms with van der Waals surface area (Å²) in [6, 6.07) is 0. The van der Waals surface area contributed by atoms with Crippen LogP contribution in [0.4, 0.5) is 0 Å². The number of rotatable bonds is 14. The third-order valence-corrected chi connectivity index (χ3v) is 7.11. The summed E-state index contributed by atoms with van der Waals surface area (Å²) < 4.78 is 10.5. The first-order valence-electron chi connectivity index (χ1n) is 12.9. The second-order valence-corrected chi connectivity index (χ2v) is 10.7. The fourth-order valence-electron chi connectivity index (χ4n) is 4.52. The lowest BCUT2D eigenvalue weighted by Crippen LogP contribution is -2.55. The summed E-state index contributed by atoms with van der Waals surface area (Å²) in [5, 5.41) is 22.4. The van der Waals surface area contributed by atoms with Crippen LogP contribution in [0.25, 0.3) is 0 Å². The predicted molar refractivity (Wildman–Crippen MR) is 145 cm³/mol. The van der Waals surface area contributed by atoms with Crippen molar-refractivity contribution in [3.8, 4) is 0 Å². The quantitative estimate of drug-likeness (QED) is 0.183. The summed E-state index contributed by atoms with van der Waals surface area (Å²) in [5.41, 5.74) is -0.349. The van der Waals surface area contributed by atoms with Gasteiger partial charge in [0.2, 0.25) is 11.6 Å². The van der Waals surface area contributed by atoms with E-state index in [1.807, 2.05) is 0 Å². The first-order chi connectivity index (χ1) is 18.2. The fourth-order valence-corrected chi connectivity index (χ4v) is 4.52. The van der Waals surface area contributed by atoms with E-state index in [4.69, 9.17) is 9.47 Å². The lowest BCUT2D eigenvalue weighted by atomic mass is 9.78. The first kappa shape index (κ1) is 34.5. The maximum Gasteiger partial charge on any atom is 0.312 e. The summed E-state index contributed by atoms with van der Waals surface area (Å²) in [4.78, 5) is 77.7. The number of Topliss-reactive ketones (excluding diaryl/α,β-unsaturated/α-hetero) is 4. The molecule has 0 saturated heterocycles. The minimum Gasteiger partial charge on any atom is -0.424 e. The van der Waals surface area contributed by atoms with Crippen molar-refractivity contribution in [2.75, 3.05) is 0 Å². The number of carbonyl (C=O) groups is 6. The van der Waals surface area contributed by atoms with E-state index in [0.29, 0.717) is 12.8 Å². The van der Waals surface area contributed by atoms with Gasteiger partial charge in [0.15, 0.2) is 11.6 Å². The number of hydrogen-bond donors (Lipinski definition) is 2. The van der Waals surface area contributed by atoms with E-state index >= 15 is 0 Å². The van der Waals surface area contributed by atoms with E-state index in [1.54, 1.807) is 0 Å². The molecule has 6 atom stereocenters. The molecule has 0 amide bonds. The molecule has 10 nitrogen and oxygen atoms in total. The number of hydrogen-bond acceptors (Lipinski definition) is 10. The summed E-state index contributed by atoms with van der Waals surface area (Å²) >= 11 is 0. The molecule has 0 spiro atoms. The van der Waals surface area contributed by atoms with Crippen LogP contribution in [0, 0.1) is 23.7 Å². The SMILES string of the molecule is C=C(C)C(=O)C(C)C(O)(OC(=O)C1CCCCC1C(=O)OC(O)(C(=O)C(=C)C)C(C)C(=O)C(=C)C)C(=O)C(=C)C. The second kappa shape index (κ2) is 13.2. The minimum atomic E-state index is -2.93. The molecule has 0 aromatic heterocycles. The van der Waals surface area contributed by atoms with Gasteiger partial charge in [-0.2, -0.15) is 0 Å². The van der Waals surface area contributed by atoms with E-state index in [1.165, 1.54) is 41.5 Å². The Morgan fingerprint density at radius 2 is 0.900 bits per heavy atom. The Hall–Kier alpha value is -3.50. The van der Waals surface area contributed by atoms with Crippen LogP contribution in [0.2, 0.25) is 0 Å². The van der Waals surface area contributed by atoms with Crippen LogP contribution in [-0.2, 0) is 38.2 Å². The maximum atomic E-state index is 13.4. The van der Waals surface area contributed by atoms with Crippen LogP contribution >= 0.6 is 0 Å². The molecule has 0 heterocycles. The Bertz CT molecular complexity index is 1070. The summed E-state index contributed by atoms with van der Waals surface area (Å²) in [7, 11) is 0. The number of ketones is 4. The zero-order valence-corrected chi connectivity index (χ0v) is 24.1. The Kier molecular flexibility index (Phi) is 11.4. The summed E-state index contributed by atoms with van der Waals surface area (Å²) in [5.74, 6) is -17.5. The highest BCUT2D eigenvalue weighted by molar-refractivity contribution is 6.08. The molecule has 0 aromatic carbocycles. The van der Waals surface area contributed by atoms with Gasteiger partial charge in [0.25, 0.3) is 11.6 Å². The van der Waals surface area contributed by atoms with E-state index in [9.17, 15) is 39.0 Å². The van der Waals surface area contributed by atoms with Crippen molar-refractivity contribution < 1.29 is 48.5 Å². The van der Waals surface area contributed by atoms with Crippen molar-refractivity contribution in [3.63, 3.8) is 0 Å². The fraction of sp³-hybridized carbons (Fsp3) is 0.533. The van der Waals surface area contributed by atoms with E-state index < -0.39 is 70.3 Å². The van der Waals surface area contributed by atoms with Gasteiger partial charge >= 0.3 is 11.9 Å². The van der Waals surface area contributed by atoms with E-state index in [2.05, 4.69) is 26.3 Å². The van der Waals surface area contributed by atoms with Crippen molar-refractivity contribution >= 4 is 35.1 Å². The molecule has 220 valence electrons. The highest BCUT2D eigenvalue weighted by Crippen LogP contribution is 2.37.